The summed E-state index contributed by atoms with van der Waals surface area (Å²) >= 11 is 0. The molecule has 126 valence electrons. The number of anilines is 1. The normalized spacial score (nSPS) is 18.6. The van der Waals surface area contributed by atoms with Crippen LogP contribution in [0.4, 0.5) is 5.69 Å². The molecule has 0 saturated heterocycles. The molecule has 1 aromatic heterocycles. The third-order valence-corrected chi connectivity index (χ3v) is 4.76. The van der Waals surface area contributed by atoms with Crippen LogP contribution in [-0.4, -0.2) is 21.5 Å². The minimum atomic E-state index is -0.243. The number of amides is 1. The van der Waals surface area contributed by atoms with Gasteiger partial charge in [0.05, 0.1) is 17.8 Å². The standard InChI is InChI=1S/C19H23N3O2/c1-13(19(24)21-17-11-20-22(2)12-17)15-8-6-14(7-9-15)10-16-4-3-5-18(16)23/h6-9,11-13,16H,3-5,10H2,1-2H3,(H,21,24)/t13-,16+/m0/s1. The van der Waals surface area contributed by atoms with E-state index < -0.39 is 0 Å². The van der Waals surface area contributed by atoms with E-state index in [1.807, 2.05) is 38.2 Å². The first-order chi connectivity index (χ1) is 11.5. The Balaban J connectivity index is 1.61. The lowest BCUT2D eigenvalue weighted by Gasteiger charge is -2.13. The summed E-state index contributed by atoms with van der Waals surface area (Å²) in [6, 6.07) is 8.05. The van der Waals surface area contributed by atoms with Gasteiger partial charge in [0.1, 0.15) is 5.78 Å². The molecule has 0 aliphatic heterocycles. The molecule has 1 saturated carbocycles. The molecule has 1 fully saturated rings. The average Bonchev–Trinajstić information content (AvgIpc) is 3.16. The molecule has 1 aliphatic carbocycles. The maximum Gasteiger partial charge on any atom is 0.231 e. The van der Waals surface area contributed by atoms with Gasteiger partial charge in [-0.25, -0.2) is 0 Å². The molecular formula is C19H23N3O2. The number of Topliss-reactive ketones (excluding diaryl/α,β-unsaturated/α-hetero) is 1. The fourth-order valence-electron chi connectivity index (χ4n) is 3.22. The fraction of sp³-hybridized carbons (Fsp3) is 0.421. The summed E-state index contributed by atoms with van der Waals surface area (Å²) in [4.78, 5) is 24.1. The smallest absolute Gasteiger partial charge is 0.231 e. The van der Waals surface area contributed by atoms with Crippen molar-refractivity contribution in [3.05, 3.63) is 47.8 Å². The van der Waals surface area contributed by atoms with Gasteiger partial charge in [-0.15, -0.1) is 0 Å². The molecule has 24 heavy (non-hydrogen) atoms. The molecule has 0 spiro atoms. The van der Waals surface area contributed by atoms with Crippen LogP contribution in [0.5, 0.6) is 0 Å². The van der Waals surface area contributed by atoms with Crippen LogP contribution in [-0.2, 0) is 23.1 Å². The molecule has 1 N–H and O–H groups in total. The second-order valence-corrected chi connectivity index (χ2v) is 6.61. The third-order valence-electron chi connectivity index (χ3n) is 4.76. The molecule has 5 nitrogen and oxygen atoms in total. The fourth-order valence-corrected chi connectivity index (χ4v) is 3.22. The predicted octanol–water partition coefficient (Wildman–Crippen LogP) is 3.07. The average molecular weight is 325 g/mol. The van der Waals surface area contributed by atoms with Crippen LogP contribution in [0, 0.1) is 5.92 Å². The lowest BCUT2D eigenvalue weighted by atomic mass is 9.94. The van der Waals surface area contributed by atoms with E-state index in [1.54, 1.807) is 17.1 Å². The van der Waals surface area contributed by atoms with Crippen LogP contribution in [0.2, 0.25) is 0 Å². The minimum absolute atomic E-state index is 0.0540. The number of aryl methyl sites for hydroxylation is 1. The number of hydrogen-bond donors (Lipinski definition) is 1. The highest BCUT2D eigenvalue weighted by Gasteiger charge is 2.24. The van der Waals surface area contributed by atoms with Gasteiger partial charge >= 0.3 is 0 Å². The Morgan fingerprint density at radius 2 is 2.12 bits per heavy atom. The molecule has 0 unspecified atom stereocenters. The summed E-state index contributed by atoms with van der Waals surface area (Å²) in [7, 11) is 1.81. The number of nitrogens with one attached hydrogen (secondary N) is 1. The first kappa shape index (κ1) is 16.4. The first-order valence-electron chi connectivity index (χ1n) is 8.44. The molecule has 5 heteroatoms. The lowest BCUT2D eigenvalue weighted by Crippen LogP contribution is -2.18. The van der Waals surface area contributed by atoms with E-state index in [-0.39, 0.29) is 17.7 Å². The summed E-state index contributed by atoms with van der Waals surface area (Å²) in [5, 5.41) is 6.92. The first-order valence-corrected chi connectivity index (χ1v) is 8.44. The number of aromatic nitrogens is 2. The van der Waals surface area contributed by atoms with E-state index in [4.69, 9.17) is 0 Å². The Morgan fingerprint density at radius 1 is 1.38 bits per heavy atom. The number of ketones is 1. The van der Waals surface area contributed by atoms with Gasteiger partial charge in [0, 0.05) is 25.6 Å². The zero-order valence-corrected chi connectivity index (χ0v) is 14.2. The Bertz CT molecular complexity index is 733. The van der Waals surface area contributed by atoms with Crippen LogP contribution in [0.15, 0.2) is 36.7 Å². The van der Waals surface area contributed by atoms with Crippen LogP contribution in [0.1, 0.15) is 43.2 Å². The van der Waals surface area contributed by atoms with Gasteiger partial charge in [-0.3, -0.25) is 14.3 Å². The molecule has 0 bridgehead atoms. The summed E-state index contributed by atoms with van der Waals surface area (Å²) in [6.45, 7) is 1.89. The summed E-state index contributed by atoms with van der Waals surface area (Å²) in [5.41, 5.74) is 2.84. The van der Waals surface area contributed by atoms with Crippen molar-refractivity contribution >= 4 is 17.4 Å². The Labute approximate surface area is 142 Å². The second-order valence-electron chi connectivity index (χ2n) is 6.61. The van der Waals surface area contributed by atoms with Gasteiger partial charge in [-0.1, -0.05) is 24.3 Å². The van der Waals surface area contributed by atoms with Crippen molar-refractivity contribution in [2.75, 3.05) is 5.32 Å². The summed E-state index contributed by atoms with van der Waals surface area (Å²) < 4.78 is 1.65. The van der Waals surface area contributed by atoms with E-state index in [9.17, 15) is 9.59 Å². The van der Waals surface area contributed by atoms with E-state index in [0.717, 1.165) is 31.2 Å². The van der Waals surface area contributed by atoms with E-state index in [0.29, 0.717) is 11.5 Å². The van der Waals surface area contributed by atoms with E-state index in [2.05, 4.69) is 10.4 Å². The second kappa shape index (κ2) is 6.99. The van der Waals surface area contributed by atoms with Crippen molar-refractivity contribution in [3.8, 4) is 0 Å². The molecular weight excluding hydrogens is 302 g/mol. The van der Waals surface area contributed by atoms with Crippen molar-refractivity contribution in [1.29, 1.82) is 0 Å². The molecule has 2 atom stereocenters. The largest absolute Gasteiger partial charge is 0.323 e. The topological polar surface area (TPSA) is 64.0 Å². The third kappa shape index (κ3) is 3.72. The van der Waals surface area contributed by atoms with Gasteiger partial charge in [0.2, 0.25) is 5.91 Å². The van der Waals surface area contributed by atoms with Crippen molar-refractivity contribution in [3.63, 3.8) is 0 Å². The molecule has 1 amide bonds. The molecule has 1 aromatic carbocycles. The highest BCUT2D eigenvalue weighted by Crippen LogP contribution is 2.26. The Hall–Kier alpha value is -2.43. The van der Waals surface area contributed by atoms with Crippen LogP contribution < -0.4 is 5.32 Å². The molecule has 1 aliphatic rings. The van der Waals surface area contributed by atoms with Crippen molar-refractivity contribution in [2.45, 2.75) is 38.5 Å². The number of rotatable bonds is 5. The van der Waals surface area contributed by atoms with Crippen molar-refractivity contribution in [1.82, 2.24) is 9.78 Å². The van der Waals surface area contributed by atoms with Crippen molar-refractivity contribution < 1.29 is 9.59 Å². The van der Waals surface area contributed by atoms with Gasteiger partial charge in [-0.05, 0) is 37.3 Å². The molecule has 3 rings (SSSR count). The van der Waals surface area contributed by atoms with E-state index >= 15 is 0 Å². The van der Waals surface area contributed by atoms with Crippen LogP contribution >= 0.6 is 0 Å². The highest BCUT2D eigenvalue weighted by atomic mass is 16.2. The van der Waals surface area contributed by atoms with Gasteiger partial charge in [0.25, 0.3) is 0 Å². The number of nitrogens with zero attached hydrogens (tertiary/aromatic N) is 2. The maximum absolute atomic E-state index is 12.3. The Morgan fingerprint density at radius 3 is 2.71 bits per heavy atom. The minimum Gasteiger partial charge on any atom is -0.323 e. The number of carbonyl (C=O) groups is 2. The summed E-state index contributed by atoms with van der Waals surface area (Å²) in [6.07, 6.45) is 6.97. The zero-order chi connectivity index (χ0) is 17.1. The SMILES string of the molecule is C[C@H](C(=O)Nc1cnn(C)c1)c1ccc(C[C@H]2CCCC2=O)cc1. The van der Waals surface area contributed by atoms with Crippen LogP contribution in [0.3, 0.4) is 0 Å². The molecule has 1 heterocycles. The molecule has 0 radical (unpaired) electrons. The lowest BCUT2D eigenvalue weighted by molar-refractivity contribution is -0.120. The quantitative estimate of drug-likeness (QED) is 0.919. The van der Waals surface area contributed by atoms with Crippen LogP contribution in [0.25, 0.3) is 0 Å². The predicted molar refractivity (Wildman–Crippen MR) is 92.7 cm³/mol. The van der Waals surface area contributed by atoms with Gasteiger partial charge in [0.15, 0.2) is 0 Å². The Kier molecular flexibility index (Phi) is 4.79. The number of benzene rings is 1. The number of carbonyl (C=O) groups excluding carboxylic acids is 2. The highest BCUT2D eigenvalue weighted by molar-refractivity contribution is 5.95. The van der Waals surface area contributed by atoms with Gasteiger partial charge < -0.3 is 5.32 Å². The van der Waals surface area contributed by atoms with E-state index in [1.165, 1.54) is 5.56 Å². The van der Waals surface area contributed by atoms with Crippen molar-refractivity contribution in [2.24, 2.45) is 13.0 Å². The summed E-state index contributed by atoms with van der Waals surface area (Å²) in [5.74, 6) is 0.277. The maximum atomic E-state index is 12.3. The zero-order valence-electron chi connectivity index (χ0n) is 14.2. The van der Waals surface area contributed by atoms with Gasteiger partial charge in [-0.2, -0.15) is 5.10 Å². The number of hydrogen-bond acceptors (Lipinski definition) is 3. The monoisotopic (exact) mass is 325 g/mol. The molecule has 2 aromatic rings.